The molecule has 0 unspecified atom stereocenters. The standard InChI is InChI=1S/C19H19NO3/c1-12-14-8-7-13-5-2-3-6-15(13)17(14)23-16(12)18(21)20-11-19(22)9-4-10-19/h2-3,5-8,22H,4,9-11H2,1H3,(H,20,21). The monoisotopic (exact) mass is 309 g/mol. The zero-order chi connectivity index (χ0) is 16.0. The van der Waals surface area contributed by atoms with E-state index in [2.05, 4.69) is 5.32 Å². The van der Waals surface area contributed by atoms with Gasteiger partial charge < -0.3 is 14.8 Å². The predicted octanol–water partition coefficient (Wildman–Crippen LogP) is 3.54. The molecule has 0 spiro atoms. The van der Waals surface area contributed by atoms with Gasteiger partial charge in [-0.3, -0.25) is 4.79 Å². The van der Waals surface area contributed by atoms with Gasteiger partial charge in [0.25, 0.3) is 5.91 Å². The van der Waals surface area contributed by atoms with E-state index >= 15 is 0 Å². The lowest BCUT2D eigenvalue weighted by molar-refractivity contribution is -0.0301. The second-order valence-corrected chi connectivity index (χ2v) is 6.48. The first-order valence-electron chi connectivity index (χ1n) is 7.99. The number of fused-ring (bicyclic) bond motifs is 3. The molecule has 0 bridgehead atoms. The first kappa shape index (κ1) is 14.3. The Hall–Kier alpha value is -2.33. The number of rotatable bonds is 3. The van der Waals surface area contributed by atoms with E-state index < -0.39 is 5.60 Å². The van der Waals surface area contributed by atoms with Gasteiger partial charge in [-0.25, -0.2) is 0 Å². The van der Waals surface area contributed by atoms with Crippen LogP contribution < -0.4 is 5.32 Å². The zero-order valence-electron chi connectivity index (χ0n) is 13.1. The van der Waals surface area contributed by atoms with Crippen LogP contribution in [-0.2, 0) is 0 Å². The maximum Gasteiger partial charge on any atom is 0.287 e. The molecule has 4 nitrogen and oxygen atoms in total. The molecule has 2 aromatic carbocycles. The second kappa shape index (κ2) is 5.10. The first-order chi connectivity index (χ1) is 11.1. The SMILES string of the molecule is Cc1c(C(=O)NCC2(O)CCC2)oc2c1ccc1ccccc12. The highest BCUT2D eigenvalue weighted by atomic mass is 16.3. The molecule has 4 heteroatoms. The number of aliphatic hydroxyl groups is 1. The number of hydrogen-bond donors (Lipinski definition) is 2. The van der Waals surface area contributed by atoms with Crippen LogP contribution in [0.5, 0.6) is 0 Å². The van der Waals surface area contributed by atoms with Crippen molar-refractivity contribution in [1.29, 1.82) is 0 Å². The van der Waals surface area contributed by atoms with Crippen LogP contribution in [0.25, 0.3) is 21.7 Å². The maximum absolute atomic E-state index is 12.4. The zero-order valence-corrected chi connectivity index (χ0v) is 13.1. The third-order valence-electron chi connectivity index (χ3n) is 4.90. The lowest BCUT2D eigenvalue weighted by Gasteiger charge is -2.36. The smallest absolute Gasteiger partial charge is 0.287 e. The molecule has 3 aromatic rings. The Morgan fingerprint density at radius 1 is 1.22 bits per heavy atom. The highest BCUT2D eigenvalue weighted by Crippen LogP contribution is 2.33. The molecule has 1 amide bonds. The molecule has 1 aliphatic carbocycles. The summed E-state index contributed by atoms with van der Waals surface area (Å²) in [5.74, 6) is 0.0717. The molecule has 0 saturated heterocycles. The Bertz CT molecular complexity index is 906. The van der Waals surface area contributed by atoms with Crippen molar-refractivity contribution in [2.24, 2.45) is 0 Å². The molecule has 1 saturated carbocycles. The van der Waals surface area contributed by atoms with Crippen molar-refractivity contribution in [2.75, 3.05) is 6.54 Å². The number of carbonyl (C=O) groups excluding carboxylic acids is 1. The third-order valence-corrected chi connectivity index (χ3v) is 4.90. The average Bonchev–Trinajstić information content (AvgIpc) is 2.88. The van der Waals surface area contributed by atoms with Crippen LogP contribution in [0.4, 0.5) is 0 Å². The fourth-order valence-electron chi connectivity index (χ4n) is 3.25. The average molecular weight is 309 g/mol. The maximum atomic E-state index is 12.4. The van der Waals surface area contributed by atoms with Gasteiger partial charge >= 0.3 is 0 Å². The van der Waals surface area contributed by atoms with Gasteiger partial charge in [0.05, 0.1) is 5.60 Å². The van der Waals surface area contributed by atoms with Crippen LogP contribution in [0.15, 0.2) is 40.8 Å². The Balaban J connectivity index is 1.71. The van der Waals surface area contributed by atoms with Crippen molar-refractivity contribution < 1.29 is 14.3 Å². The van der Waals surface area contributed by atoms with Gasteiger partial charge in [0.15, 0.2) is 5.76 Å². The van der Waals surface area contributed by atoms with E-state index in [4.69, 9.17) is 4.42 Å². The number of amides is 1. The summed E-state index contributed by atoms with van der Waals surface area (Å²) in [7, 11) is 0. The third kappa shape index (κ3) is 2.30. The number of aryl methyl sites for hydroxylation is 1. The molecule has 4 rings (SSSR count). The van der Waals surface area contributed by atoms with Gasteiger partial charge in [0.2, 0.25) is 0 Å². The van der Waals surface area contributed by atoms with Crippen LogP contribution >= 0.6 is 0 Å². The minimum Gasteiger partial charge on any atom is -0.450 e. The van der Waals surface area contributed by atoms with Crippen molar-refractivity contribution in [1.82, 2.24) is 5.32 Å². The van der Waals surface area contributed by atoms with Crippen LogP contribution in [-0.4, -0.2) is 23.2 Å². The van der Waals surface area contributed by atoms with Crippen LogP contribution in [0.1, 0.15) is 35.4 Å². The fraction of sp³-hybridized carbons (Fsp3) is 0.316. The summed E-state index contributed by atoms with van der Waals surface area (Å²) in [6, 6.07) is 12.0. The molecule has 1 aliphatic rings. The van der Waals surface area contributed by atoms with E-state index in [1.165, 1.54) is 0 Å². The number of furan rings is 1. The Labute approximate surface area is 134 Å². The lowest BCUT2D eigenvalue weighted by Crippen LogP contribution is -2.47. The topological polar surface area (TPSA) is 62.5 Å². The summed E-state index contributed by atoms with van der Waals surface area (Å²) in [6.07, 6.45) is 2.51. The van der Waals surface area contributed by atoms with Gasteiger partial charge in [0.1, 0.15) is 5.58 Å². The van der Waals surface area contributed by atoms with Gasteiger partial charge in [-0.15, -0.1) is 0 Å². The minimum atomic E-state index is -0.734. The summed E-state index contributed by atoms with van der Waals surface area (Å²) in [6.45, 7) is 2.18. The predicted molar refractivity (Wildman–Crippen MR) is 89.6 cm³/mol. The normalized spacial score (nSPS) is 16.4. The van der Waals surface area contributed by atoms with Crippen molar-refractivity contribution in [3.8, 4) is 0 Å². The van der Waals surface area contributed by atoms with Crippen LogP contribution in [0, 0.1) is 6.92 Å². The van der Waals surface area contributed by atoms with Crippen LogP contribution in [0.3, 0.4) is 0 Å². The van der Waals surface area contributed by atoms with E-state index in [1.54, 1.807) is 0 Å². The second-order valence-electron chi connectivity index (χ2n) is 6.48. The van der Waals surface area contributed by atoms with Crippen molar-refractivity contribution >= 4 is 27.6 Å². The van der Waals surface area contributed by atoms with Gasteiger partial charge in [-0.2, -0.15) is 0 Å². The number of carbonyl (C=O) groups is 1. The largest absolute Gasteiger partial charge is 0.450 e. The molecule has 1 aromatic heterocycles. The van der Waals surface area contributed by atoms with Gasteiger partial charge in [-0.1, -0.05) is 36.4 Å². The van der Waals surface area contributed by atoms with Gasteiger partial charge in [-0.05, 0) is 31.6 Å². The van der Waals surface area contributed by atoms with Crippen LogP contribution in [0.2, 0.25) is 0 Å². The Morgan fingerprint density at radius 2 is 2.00 bits per heavy atom. The molecular weight excluding hydrogens is 290 g/mol. The molecule has 23 heavy (non-hydrogen) atoms. The molecule has 0 aliphatic heterocycles. The van der Waals surface area contributed by atoms with Crippen molar-refractivity contribution in [3.05, 3.63) is 47.7 Å². The minimum absolute atomic E-state index is 0.261. The molecule has 1 heterocycles. The summed E-state index contributed by atoms with van der Waals surface area (Å²) in [4.78, 5) is 12.4. The molecular formula is C19H19NO3. The summed E-state index contributed by atoms with van der Waals surface area (Å²) in [5, 5.41) is 16.0. The number of nitrogens with one attached hydrogen (secondary N) is 1. The lowest BCUT2D eigenvalue weighted by atomic mass is 9.80. The molecule has 0 radical (unpaired) electrons. The summed E-state index contributed by atoms with van der Waals surface area (Å²) >= 11 is 0. The number of hydrogen-bond acceptors (Lipinski definition) is 3. The van der Waals surface area contributed by atoms with E-state index in [-0.39, 0.29) is 12.5 Å². The Kier molecular flexibility index (Phi) is 3.16. The molecule has 0 atom stereocenters. The Morgan fingerprint density at radius 3 is 2.74 bits per heavy atom. The van der Waals surface area contributed by atoms with E-state index in [0.717, 1.165) is 46.6 Å². The van der Waals surface area contributed by atoms with Crippen molar-refractivity contribution in [3.63, 3.8) is 0 Å². The quantitative estimate of drug-likeness (QED) is 0.778. The highest BCUT2D eigenvalue weighted by Gasteiger charge is 2.35. The van der Waals surface area contributed by atoms with Crippen molar-refractivity contribution in [2.45, 2.75) is 31.8 Å². The van der Waals surface area contributed by atoms with E-state index in [1.807, 2.05) is 43.3 Å². The fourth-order valence-corrected chi connectivity index (χ4v) is 3.25. The molecule has 118 valence electrons. The summed E-state index contributed by atoms with van der Waals surface area (Å²) in [5.41, 5.74) is 0.847. The molecule has 1 fully saturated rings. The molecule has 2 N–H and O–H groups in total. The van der Waals surface area contributed by atoms with E-state index in [0.29, 0.717) is 5.76 Å². The van der Waals surface area contributed by atoms with E-state index in [9.17, 15) is 9.90 Å². The van der Waals surface area contributed by atoms with Gasteiger partial charge in [0, 0.05) is 22.9 Å². The number of benzene rings is 2. The highest BCUT2D eigenvalue weighted by molar-refractivity contribution is 6.08. The first-order valence-corrected chi connectivity index (χ1v) is 7.99. The summed E-state index contributed by atoms with van der Waals surface area (Å²) < 4.78 is 5.90.